The summed E-state index contributed by atoms with van der Waals surface area (Å²) in [6, 6.07) is 15.5. The van der Waals surface area contributed by atoms with E-state index < -0.39 is 0 Å². The van der Waals surface area contributed by atoms with Crippen LogP contribution in [0.25, 0.3) is 0 Å². The molecule has 0 spiro atoms. The first-order valence-corrected chi connectivity index (χ1v) is 7.22. The van der Waals surface area contributed by atoms with Gasteiger partial charge >= 0.3 is 0 Å². The van der Waals surface area contributed by atoms with E-state index in [-0.39, 0.29) is 5.91 Å². The van der Waals surface area contributed by atoms with Crippen LogP contribution < -0.4 is 5.48 Å². The molecule has 0 saturated carbocycles. The molecule has 0 bridgehead atoms. The molecule has 0 atom stereocenters. The Morgan fingerprint density at radius 2 is 1.90 bits per heavy atom. The van der Waals surface area contributed by atoms with Crippen molar-refractivity contribution in [1.82, 2.24) is 5.48 Å². The molecule has 2 aromatic carbocycles. The molecule has 0 heterocycles. The quantitative estimate of drug-likeness (QED) is 0.824. The largest absolute Gasteiger partial charge is 0.273 e. The molecular weight excluding hydrogens is 286 g/mol. The van der Waals surface area contributed by atoms with Crippen LogP contribution in [0.1, 0.15) is 23.1 Å². The van der Waals surface area contributed by atoms with Gasteiger partial charge in [-0.25, -0.2) is 5.48 Å². The average molecular weight is 304 g/mol. The fourth-order valence-corrected chi connectivity index (χ4v) is 2.08. The normalized spacial score (nSPS) is 10.4. The van der Waals surface area contributed by atoms with Gasteiger partial charge in [-0.3, -0.25) is 9.63 Å². The molecule has 0 aliphatic heterocycles. The van der Waals surface area contributed by atoms with E-state index in [4.69, 9.17) is 16.4 Å². The van der Waals surface area contributed by atoms with Crippen molar-refractivity contribution in [2.45, 2.75) is 26.4 Å². The van der Waals surface area contributed by atoms with E-state index in [0.29, 0.717) is 19.4 Å². The summed E-state index contributed by atoms with van der Waals surface area (Å²) in [6.07, 6.45) is 1.01. The molecule has 1 N–H and O–H groups in total. The first-order valence-electron chi connectivity index (χ1n) is 6.85. The Hall–Kier alpha value is -1.84. The number of benzene rings is 2. The van der Waals surface area contributed by atoms with Gasteiger partial charge in [0.05, 0.1) is 6.61 Å². The molecule has 0 radical (unpaired) electrons. The zero-order chi connectivity index (χ0) is 15.1. The van der Waals surface area contributed by atoms with Crippen molar-refractivity contribution in [1.29, 1.82) is 0 Å². The lowest BCUT2D eigenvalue weighted by atomic mass is 10.1. The van der Waals surface area contributed by atoms with E-state index in [1.54, 1.807) is 0 Å². The van der Waals surface area contributed by atoms with Crippen molar-refractivity contribution in [2.75, 3.05) is 0 Å². The van der Waals surface area contributed by atoms with Crippen LogP contribution in [0, 0.1) is 6.92 Å². The number of hydrogen-bond donors (Lipinski definition) is 1. The standard InChI is InChI=1S/C17H18ClNO2/c1-13-7-8-14(11-16(13)18)9-10-17(20)19-21-12-15-5-3-2-4-6-15/h2-8,11H,9-10,12H2,1H3,(H,19,20). The number of nitrogens with one attached hydrogen (secondary N) is 1. The third-order valence-electron chi connectivity index (χ3n) is 3.14. The monoisotopic (exact) mass is 303 g/mol. The predicted octanol–water partition coefficient (Wildman–Crippen LogP) is 3.83. The van der Waals surface area contributed by atoms with Crippen LogP contribution >= 0.6 is 11.6 Å². The third-order valence-corrected chi connectivity index (χ3v) is 3.55. The Morgan fingerprint density at radius 1 is 1.14 bits per heavy atom. The minimum absolute atomic E-state index is 0.136. The predicted molar refractivity (Wildman–Crippen MR) is 83.9 cm³/mol. The SMILES string of the molecule is Cc1ccc(CCC(=O)NOCc2ccccc2)cc1Cl. The van der Waals surface area contributed by atoms with Crippen LogP contribution in [-0.4, -0.2) is 5.91 Å². The van der Waals surface area contributed by atoms with Crippen molar-refractivity contribution in [2.24, 2.45) is 0 Å². The second-order valence-corrected chi connectivity index (χ2v) is 5.29. The number of rotatable bonds is 6. The summed E-state index contributed by atoms with van der Waals surface area (Å²) in [5.74, 6) is -0.136. The summed E-state index contributed by atoms with van der Waals surface area (Å²) in [6.45, 7) is 2.32. The van der Waals surface area contributed by atoms with Crippen LogP contribution in [-0.2, 0) is 22.7 Å². The number of halogens is 1. The zero-order valence-electron chi connectivity index (χ0n) is 11.9. The summed E-state index contributed by atoms with van der Waals surface area (Å²) >= 11 is 6.06. The minimum Gasteiger partial charge on any atom is -0.273 e. The molecule has 0 fully saturated rings. The van der Waals surface area contributed by atoms with Crippen molar-refractivity contribution in [3.8, 4) is 0 Å². The summed E-state index contributed by atoms with van der Waals surface area (Å²) in [5, 5.41) is 0.730. The Balaban J connectivity index is 1.71. The molecule has 0 aromatic heterocycles. The maximum atomic E-state index is 11.7. The molecule has 0 aliphatic carbocycles. The van der Waals surface area contributed by atoms with Crippen molar-refractivity contribution >= 4 is 17.5 Å². The Kier molecular flexibility index (Phi) is 5.78. The van der Waals surface area contributed by atoms with Gasteiger partial charge in [0.1, 0.15) is 0 Å². The molecule has 110 valence electrons. The summed E-state index contributed by atoms with van der Waals surface area (Å²) in [7, 11) is 0. The van der Waals surface area contributed by atoms with Crippen LogP contribution in [0.4, 0.5) is 0 Å². The zero-order valence-corrected chi connectivity index (χ0v) is 12.7. The lowest BCUT2D eigenvalue weighted by Crippen LogP contribution is -2.23. The molecule has 2 rings (SSSR count). The number of carbonyl (C=O) groups excluding carboxylic acids is 1. The van der Waals surface area contributed by atoms with Crippen molar-refractivity contribution < 1.29 is 9.63 Å². The highest BCUT2D eigenvalue weighted by atomic mass is 35.5. The van der Waals surface area contributed by atoms with Gasteiger partial charge in [0.15, 0.2) is 0 Å². The van der Waals surface area contributed by atoms with Crippen LogP contribution in [0.5, 0.6) is 0 Å². The molecule has 3 nitrogen and oxygen atoms in total. The number of hydrogen-bond acceptors (Lipinski definition) is 2. The van der Waals surface area contributed by atoms with Crippen LogP contribution in [0.15, 0.2) is 48.5 Å². The highest BCUT2D eigenvalue weighted by molar-refractivity contribution is 6.31. The van der Waals surface area contributed by atoms with Gasteiger partial charge in [-0.2, -0.15) is 0 Å². The van der Waals surface area contributed by atoms with Crippen molar-refractivity contribution in [3.63, 3.8) is 0 Å². The second kappa shape index (κ2) is 7.81. The third kappa shape index (κ3) is 5.21. The van der Waals surface area contributed by atoms with Gasteiger partial charge in [-0.1, -0.05) is 54.1 Å². The van der Waals surface area contributed by atoms with E-state index >= 15 is 0 Å². The number of hydroxylamine groups is 1. The number of carbonyl (C=O) groups is 1. The van der Waals surface area contributed by atoms with Crippen LogP contribution in [0.2, 0.25) is 5.02 Å². The van der Waals surface area contributed by atoms with E-state index in [0.717, 1.165) is 21.7 Å². The molecule has 0 aliphatic rings. The highest BCUT2D eigenvalue weighted by Gasteiger charge is 2.04. The van der Waals surface area contributed by atoms with Gasteiger partial charge in [0.25, 0.3) is 0 Å². The fraction of sp³-hybridized carbons (Fsp3) is 0.235. The number of aryl methyl sites for hydroxylation is 2. The minimum atomic E-state index is -0.136. The Labute approximate surface area is 129 Å². The summed E-state index contributed by atoms with van der Waals surface area (Å²) in [5.41, 5.74) is 5.56. The lowest BCUT2D eigenvalue weighted by Gasteiger charge is -2.07. The maximum Gasteiger partial charge on any atom is 0.243 e. The van der Waals surface area contributed by atoms with E-state index in [1.165, 1.54) is 0 Å². The summed E-state index contributed by atoms with van der Waals surface area (Å²) < 4.78 is 0. The van der Waals surface area contributed by atoms with Gasteiger partial charge in [0, 0.05) is 11.4 Å². The molecule has 0 unspecified atom stereocenters. The molecule has 21 heavy (non-hydrogen) atoms. The smallest absolute Gasteiger partial charge is 0.243 e. The molecule has 0 saturated heterocycles. The molecule has 2 aromatic rings. The van der Waals surface area contributed by atoms with Gasteiger partial charge in [-0.05, 0) is 36.1 Å². The Bertz CT molecular complexity index is 599. The van der Waals surface area contributed by atoms with Crippen molar-refractivity contribution in [3.05, 3.63) is 70.2 Å². The van der Waals surface area contributed by atoms with Gasteiger partial charge in [0.2, 0.25) is 5.91 Å². The number of amides is 1. The highest BCUT2D eigenvalue weighted by Crippen LogP contribution is 2.17. The maximum absolute atomic E-state index is 11.7. The van der Waals surface area contributed by atoms with E-state index in [1.807, 2.05) is 55.5 Å². The average Bonchev–Trinajstić information content (AvgIpc) is 2.49. The van der Waals surface area contributed by atoms with Gasteiger partial charge in [-0.15, -0.1) is 0 Å². The Morgan fingerprint density at radius 3 is 2.62 bits per heavy atom. The molecule has 4 heteroatoms. The first kappa shape index (κ1) is 15.5. The fourth-order valence-electron chi connectivity index (χ4n) is 1.87. The van der Waals surface area contributed by atoms with E-state index in [9.17, 15) is 4.79 Å². The molecule has 1 amide bonds. The van der Waals surface area contributed by atoms with E-state index in [2.05, 4.69) is 5.48 Å². The first-order chi connectivity index (χ1) is 10.1. The molecular formula is C17H18ClNO2. The lowest BCUT2D eigenvalue weighted by molar-refractivity contribution is -0.134. The van der Waals surface area contributed by atoms with Gasteiger partial charge < -0.3 is 0 Å². The van der Waals surface area contributed by atoms with Crippen LogP contribution in [0.3, 0.4) is 0 Å². The topological polar surface area (TPSA) is 38.3 Å². The second-order valence-electron chi connectivity index (χ2n) is 4.88. The summed E-state index contributed by atoms with van der Waals surface area (Å²) in [4.78, 5) is 16.9.